The lowest BCUT2D eigenvalue weighted by atomic mass is 10.1. The van der Waals surface area contributed by atoms with E-state index in [1.807, 2.05) is 30.3 Å². The van der Waals surface area contributed by atoms with E-state index in [1.54, 1.807) is 6.92 Å². The van der Waals surface area contributed by atoms with Crippen LogP contribution in [0, 0.1) is 0 Å². The summed E-state index contributed by atoms with van der Waals surface area (Å²) in [5.74, 6) is 2.00. The molecule has 0 bridgehead atoms. The fourth-order valence-corrected chi connectivity index (χ4v) is 1.21. The number of benzene rings is 1. The van der Waals surface area contributed by atoms with Gasteiger partial charge < -0.3 is 4.74 Å². The normalized spacial score (nSPS) is 11.3. The van der Waals surface area contributed by atoms with Gasteiger partial charge in [0.15, 0.2) is 6.04 Å². The van der Waals surface area contributed by atoms with Crippen molar-refractivity contribution in [2.24, 2.45) is 4.99 Å². The zero-order chi connectivity index (χ0) is 11.1. The maximum absolute atomic E-state index is 11.5. The van der Waals surface area contributed by atoms with E-state index in [4.69, 9.17) is 4.74 Å². The van der Waals surface area contributed by atoms with Gasteiger partial charge in [-0.2, -0.15) is 0 Å². The van der Waals surface area contributed by atoms with E-state index >= 15 is 0 Å². The van der Waals surface area contributed by atoms with Crippen LogP contribution in [0.4, 0.5) is 0 Å². The van der Waals surface area contributed by atoms with E-state index in [0.29, 0.717) is 6.61 Å². The van der Waals surface area contributed by atoms with Crippen LogP contribution in [0.2, 0.25) is 0 Å². The van der Waals surface area contributed by atoms with Crippen molar-refractivity contribution in [2.45, 2.75) is 13.0 Å². The first kappa shape index (κ1) is 11.2. The van der Waals surface area contributed by atoms with E-state index < -0.39 is 6.04 Å². The summed E-state index contributed by atoms with van der Waals surface area (Å²) in [7, 11) is 0. The van der Waals surface area contributed by atoms with E-state index in [2.05, 4.69) is 17.4 Å². The molecule has 0 heterocycles. The summed E-state index contributed by atoms with van der Waals surface area (Å²) >= 11 is 0. The first-order valence-corrected chi connectivity index (χ1v) is 4.73. The first-order valence-electron chi connectivity index (χ1n) is 4.73. The van der Waals surface area contributed by atoms with Crippen LogP contribution in [0.1, 0.15) is 18.5 Å². The molecule has 0 saturated heterocycles. The van der Waals surface area contributed by atoms with Crippen molar-refractivity contribution < 1.29 is 9.53 Å². The molecule has 15 heavy (non-hydrogen) atoms. The second kappa shape index (κ2) is 5.78. The maximum atomic E-state index is 11.5. The summed E-state index contributed by atoms with van der Waals surface area (Å²) in [6.45, 7) is 5.47. The maximum Gasteiger partial charge on any atom is 0.336 e. The van der Waals surface area contributed by atoms with Crippen molar-refractivity contribution >= 4 is 11.8 Å². The Hall–Kier alpha value is -1.86. The molecule has 0 amide bonds. The highest BCUT2D eigenvalue weighted by Crippen LogP contribution is 2.17. The van der Waals surface area contributed by atoms with Gasteiger partial charge in [0.1, 0.15) is 0 Å². The van der Waals surface area contributed by atoms with Crippen molar-refractivity contribution in [3.63, 3.8) is 0 Å². The third-order valence-corrected chi connectivity index (χ3v) is 1.85. The van der Waals surface area contributed by atoms with Gasteiger partial charge in [-0.05, 0) is 24.9 Å². The van der Waals surface area contributed by atoms with Crippen LogP contribution in [0.3, 0.4) is 0 Å². The molecule has 0 radical (unpaired) electrons. The minimum Gasteiger partial charge on any atom is -0.464 e. The molecule has 1 atom stereocenters. The van der Waals surface area contributed by atoms with Crippen LogP contribution < -0.4 is 0 Å². The monoisotopic (exact) mass is 203 g/mol. The first-order chi connectivity index (χ1) is 7.29. The molecule has 3 heteroatoms. The molecule has 1 rings (SSSR count). The molecule has 1 aromatic carbocycles. The van der Waals surface area contributed by atoms with Crippen LogP contribution in [0.5, 0.6) is 0 Å². The van der Waals surface area contributed by atoms with Gasteiger partial charge in [0.2, 0.25) is 0 Å². The largest absolute Gasteiger partial charge is 0.464 e. The summed E-state index contributed by atoms with van der Waals surface area (Å²) in [6.07, 6.45) is 0. The summed E-state index contributed by atoms with van der Waals surface area (Å²) in [6, 6.07) is 8.57. The van der Waals surface area contributed by atoms with Crippen LogP contribution >= 0.6 is 0 Å². The second-order valence-electron chi connectivity index (χ2n) is 2.85. The summed E-state index contributed by atoms with van der Waals surface area (Å²) in [5.41, 5.74) is 0.784. The van der Waals surface area contributed by atoms with Gasteiger partial charge >= 0.3 is 5.97 Å². The van der Waals surface area contributed by atoms with Gasteiger partial charge in [-0.15, -0.1) is 0 Å². The number of hydrogen-bond donors (Lipinski definition) is 0. The third kappa shape index (κ3) is 3.08. The minimum atomic E-state index is -0.649. The Morgan fingerprint density at radius 3 is 2.73 bits per heavy atom. The molecule has 78 valence electrons. The number of rotatable bonds is 4. The highest BCUT2D eigenvalue weighted by atomic mass is 16.5. The lowest BCUT2D eigenvalue weighted by Gasteiger charge is -2.09. The summed E-state index contributed by atoms with van der Waals surface area (Å²) < 4.78 is 4.91. The molecule has 0 aliphatic heterocycles. The van der Waals surface area contributed by atoms with Gasteiger partial charge in [-0.3, -0.25) is 0 Å². The van der Waals surface area contributed by atoms with Crippen molar-refractivity contribution in [3.8, 4) is 0 Å². The van der Waals surface area contributed by atoms with Crippen molar-refractivity contribution in [3.05, 3.63) is 42.5 Å². The lowest BCUT2D eigenvalue weighted by molar-refractivity contribution is -0.144. The number of aliphatic imine (C=N–C) groups is 1. The number of nitrogens with zero attached hydrogens (tertiary/aromatic N) is 1. The van der Waals surface area contributed by atoms with E-state index in [9.17, 15) is 4.79 Å². The SMILES string of the molecule is C=C=NC(C(=O)OCC)c1ccccc1. The Labute approximate surface area is 89.1 Å². The highest BCUT2D eigenvalue weighted by molar-refractivity contribution is 5.79. The minimum absolute atomic E-state index is 0.342. The molecule has 1 unspecified atom stereocenters. The number of carbonyl (C=O) groups excluding carboxylic acids is 1. The molecule has 0 aromatic heterocycles. The van der Waals surface area contributed by atoms with Gasteiger partial charge in [0, 0.05) is 0 Å². The molecule has 0 aliphatic rings. The zero-order valence-corrected chi connectivity index (χ0v) is 8.64. The summed E-state index contributed by atoms with van der Waals surface area (Å²) in [4.78, 5) is 15.4. The number of carbonyl (C=O) groups is 1. The third-order valence-electron chi connectivity index (χ3n) is 1.85. The molecule has 0 N–H and O–H groups in total. The molecular formula is C12H13NO2. The van der Waals surface area contributed by atoms with Crippen LogP contribution in [-0.2, 0) is 9.53 Å². The Bertz CT molecular complexity index is 366. The molecule has 0 aliphatic carbocycles. The van der Waals surface area contributed by atoms with Crippen molar-refractivity contribution in [2.75, 3.05) is 6.61 Å². The van der Waals surface area contributed by atoms with Gasteiger partial charge in [0.05, 0.1) is 6.61 Å². The quantitative estimate of drug-likeness (QED) is 0.555. The number of esters is 1. The Kier molecular flexibility index (Phi) is 4.32. The van der Waals surface area contributed by atoms with Crippen molar-refractivity contribution in [1.29, 1.82) is 0 Å². The number of ether oxygens (including phenoxy) is 1. The molecule has 0 fully saturated rings. The Morgan fingerprint density at radius 2 is 2.20 bits per heavy atom. The second-order valence-corrected chi connectivity index (χ2v) is 2.85. The molecular weight excluding hydrogens is 190 g/mol. The average molecular weight is 203 g/mol. The molecule has 0 saturated carbocycles. The fourth-order valence-electron chi connectivity index (χ4n) is 1.21. The smallest absolute Gasteiger partial charge is 0.336 e. The standard InChI is InChI=1S/C12H13NO2/c1-3-13-11(12(14)15-4-2)10-8-6-5-7-9-10/h5-9,11H,1,4H2,2H3. The predicted octanol–water partition coefficient (Wildman–Crippen LogP) is 2.15. The molecule has 1 aromatic rings. The lowest BCUT2D eigenvalue weighted by Crippen LogP contribution is -2.13. The molecule has 0 spiro atoms. The predicted molar refractivity (Wildman–Crippen MR) is 58.9 cm³/mol. The average Bonchev–Trinajstić information content (AvgIpc) is 2.27. The van der Waals surface area contributed by atoms with Gasteiger partial charge in [-0.1, -0.05) is 30.3 Å². The summed E-state index contributed by atoms with van der Waals surface area (Å²) in [5, 5.41) is 0. The van der Waals surface area contributed by atoms with E-state index in [-0.39, 0.29) is 5.97 Å². The topological polar surface area (TPSA) is 38.7 Å². The van der Waals surface area contributed by atoms with Crippen LogP contribution in [0.15, 0.2) is 41.9 Å². The van der Waals surface area contributed by atoms with Crippen molar-refractivity contribution in [1.82, 2.24) is 0 Å². The van der Waals surface area contributed by atoms with E-state index in [0.717, 1.165) is 5.56 Å². The Morgan fingerprint density at radius 1 is 1.53 bits per heavy atom. The van der Waals surface area contributed by atoms with Gasteiger partial charge in [0.25, 0.3) is 0 Å². The highest BCUT2D eigenvalue weighted by Gasteiger charge is 2.19. The zero-order valence-electron chi connectivity index (χ0n) is 8.64. The fraction of sp³-hybridized carbons (Fsp3) is 0.250. The number of hydrogen-bond acceptors (Lipinski definition) is 3. The van der Waals surface area contributed by atoms with Crippen LogP contribution in [0.25, 0.3) is 0 Å². The van der Waals surface area contributed by atoms with E-state index in [1.165, 1.54) is 0 Å². The van der Waals surface area contributed by atoms with Crippen LogP contribution in [-0.4, -0.2) is 18.4 Å². The molecule has 3 nitrogen and oxygen atoms in total. The van der Waals surface area contributed by atoms with Gasteiger partial charge in [-0.25, -0.2) is 9.79 Å². The Balaban J connectivity index is 2.93.